The molecule has 0 atom stereocenters. The molecule has 0 aliphatic carbocycles. The maximum Gasteiger partial charge on any atom is 0.341 e. The number of ketones is 1. The van der Waals surface area contributed by atoms with Gasteiger partial charge in [-0.05, 0) is 43.0 Å². The minimum atomic E-state index is -5.41. The number of benzene rings is 2. The molecular formula is C28H30ClFN4O9P2. The first-order valence-corrected chi connectivity index (χ1v) is 17.3. The van der Waals surface area contributed by atoms with E-state index in [2.05, 4.69) is 21.9 Å². The van der Waals surface area contributed by atoms with Gasteiger partial charge in [-0.3, -0.25) is 18.7 Å². The monoisotopic (exact) mass is 682 g/mol. The lowest BCUT2D eigenvalue weighted by Gasteiger charge is -2.30. The minimum absolute atomic E-state index is 0.0209. The Bertz CT molecular complexity index is 1690. The third-order valence-corrected chi connectivity index (χ3v) is 10.9. The van der Waals surface area contributed by atoms with Gasteiger partial charge in [-0.15, -0.1) is 0 Å². The summed E-state index contributed by atoms with van der Waals surface area (Å²) in [5.41, 5.74) is 1.51. The van der Waals surface area contributed by atoms with Crippen LogP contribution < -0.4 is 15.0 Å². The topological polar surface area (TPSA) is 199 Å². The SMILES string of the molecule is C=CC(=O)Cc1cccc(-c2nc(Nc3cc(F)c(N4CCCCC4)c(OC(=O)CC(P(=O)(O)O)P(=O)(O)O)c3)ncc2Cl)c1. The van der Waals surface area contributed by atoms with E-state index in [1.807, 2.05) is 0 Å². The Morgan fingerprint density at radius 1 is 1.11 bits per heavy atom. The summed E-state index contributed by atoms with van der Waals surface area (Å²) in [6.45, 7) is 4.34. The number of aromatic nitrogens is 2. The molecule has 240 valence electrons. The van der Waals surface area contributed by atoms with Crippen LogP contribution in [0.4, 0.5) is 21.7 Å². The summed E-state index contributed by atoms with van der Waals surface area (Å²) in [7, 11) is -10.8. The van der Waals surface area contributed by atoms with E-state index < -0.39 is 38.8 Å². The molecule has 1 aliphatic heterocycles. The molecule has 17 heteroatoms. The number of esters is 1. The van der Waals surface area contributed by atoms with Crippen LogP contribution in [0.2, 0.25) is 5.02 Å². The Balaban J connectivity index is 1.67. The summed E-state index contributed by atoms with van der Waals surface area (Å²) < 4.78 is 44.4. The standard InChI is InChI=1S/C28H30ClFN4O9P2/c1-2-20(35)12-17-7-6-8-18(11-17)26-21(29)16-31-28(33-26)32-19-13-22(30)27(34-9-4-3-5-10-34)23(14-19)43-24(36)15-25(44(37,38)39)45(40,41)42/h2,6-8,11,13-14,16,25H,1,3-5,9-10,12,15H2,(H,31,32,33)(H2,37,38,39)(H2,40,41,42). The average Bonchev–Trinajstić information content (AvgIpc) is 2.96. The Morgan fingerprint density at radius 2 is 1.80 bits per heavy atom. The fraction of sp³-hybridized carbons (Fsp3) is 0.286. The van der Waals surface area contributed by atoms with Gasteiger partial charge in [-0.1, -0.05) is 36.4 Å². The summed E-state index contributed by atoms with van der Waals surface area (Å²) in [6, 6.07) is 9.31. The van der Waals surface area contributed by atoms with Gasteiger partial charge in [0, 0.05) is 36.8 Å². The van der Waals surface area contributed by atoms with Crippen LogP contribution in [0.25, 0.3) is 11.3 Å². The van der Waals surface area contributed by atoms with Crippen LogP contribution in [0.1, 0.15) is 31.2 Å². The average molecular weight is 683 g/mol. The number of halogens is 2. The first-order valence-electron chi connectivity index (χ1n) is 13.6. The van der Waals surface area contributed by atoms with E-state index in [4.69, 9.17) is 16.3 Å². The third kappa shape index (κ3) is 9.05. The molecule has 1 saturated heterocycles. The first-order chi connectivity index (χ1) is 21.2. The predicted molar refractivity (Wildman–Crippen MR) is 165 cm³/mol. The third-order valence-electron chi connectivity index (χ3n) is 6.86. The van der Waals surface area contributed by atoms with Gasteiger partial charge in [0.1, 0.15) is 5.69 Å². The van der Waals surface area contributed by atoms with Crippen LogP contribution in [-0.2, 0) is 25.1 Å². The van der Waals surface area contributed by atoms with Crippen molar-refractivity contribution < 1.29 is 47.4 Å². The van der Waals surface area contributed by atoms with Crippen molar-refractivity contribution >= 4 is 55.9 Å². The number of ether oxygens (including phenoxy) is 1. The number of carbonyl (C=O) groups is 2. The fourth-order valence-corrected chi connectivity index (χ4v) is 7.30. The fourth-order valence-electron chi connectivity index (χ4n) is 4.76. The van der Waals surface area contributed by atoms with E-state index in [0.717, 1.165) is 25.3 Å². The van der Waals surface area contributed by atoms with E-state index in [9.17, 15) is 38.3 Å². The van der Waals surface area contributed by atoms with Crippen LogP contribution in [-0.4, -0.2) is 59.8 Å². The molecule has 0 saturated carbocycles. The van der Waals surface area contributed by atoms with Crippen molar-refractivity contribution in [3.8, 4) is 17.0 Å². The highest BCUT2D eigenvalue weighted by Gasteiger charge is 2.45. The largest absolute Gasteiger partial charge is 0.424 e. The minimum Gasteiger partial charge on any atom is -0.424 e. The van der Waals surface area contributed by atoms with Crippen LogP contribution in [0, 0.1) is 5.82 Å². The van der Waals surface area contributed by atoms with Gasteiger partial charge >= 0.3 is 21.2 Å². The number of carbonyl (C=O) groups excluding carboxylic acids is 2. The van der Waals surface area contributed by atoms with Gasteiger partial charge in [0.15, 0.2) is 22.8 Å². The molecule has 0 amide bonds. The molecule has 0 unspecified atom stereocenters. The Morgan fingerprint density at radius 3 is 2.44 bits per heavy atom. The van der Waals surface area contributed by atoms with Crippen molar-refractivity contribution in [2.45, 2.75) is 37.5 Å². The predicted octanol–water partition coefficient (Wildman–Crippen LogP) is 4.94. The molecule has 0 bridgehead atoms. The van der Waals surface area contributed by atoms with Crippen molar-refractivity contribution in [2.75, 3.05) is 23.3 Å². The molecular weight excluding hydrogens is 653 g/mol. The zero-order chi connectivity index (χ0) is 32.9. The molecule has 4 rings (SSSR count). The Hall–Kier alpha value is -3.48. The van der Waals surface area contributed by atoms with Crippen LogP contribution in [0.5, 0.6) is 5.75 Å². The molecule has 1 aliphatic rings. The number of anilines is 3. The first kappa shape index (κ1) is 34.4. The van der Waals surface area contributed by atoms with Gasteiger partial charge in [0.2, 0.25) is 5.95 Å². The lowest BCUT2D eigenvalue weighted by atomic mass is 10.0. The molecule has 1 aromatic heterocycles. The number of nitrogens with zero attached hydrogens (tertiary/aromatic N) is 3. The van der Waals surface area contributed by atoms with E-state index in [1.54, 1.807) is 29.2 Å². The smallest absolute Gasteiger partial charge is 0.341 e. The van der Waals surface area contributed by atoms with Gasteiger partial charge in [-0.2, -0.15) is 0 Å². The molecule has 45 heavy (non-hydrogen) atoms. The van der Waals surface area contributed by atoms with Gasteiger partial charge in [-0.25, -0.2) is 14.4 Å². The number of hydrogen-bond acceptors (Lipinski definition) is 9. The number of piperidine rings is 1. The molecule has 1 fully saturated rings. The second kappa shape index (κ2) is 14.3. The summed E-state index contributed by atoms with van der Waals surface area (Å²) in [5, 5.41) is 0.389. The van der Waals surface area contributed by atoms with Crippen LogP contribution in [0.3, 0.4) is 0 Å². The summed E-state index contributed by atoms with van der Waals surface area (Å²) in [4.78, 5) is 72.5. The molecule has 2 aromatic carbocycles. The molecule has 3 aromatic rings. The molecule has 5 N–H and O–H groups in total. The maximum absolute atomic E-state index is 15.7. The molecule has 13 nitrogen and oxygen atoms in total. The van der Waals surface area contributed by atoms with E-state index >= 15 is 4.39 Å². The number of nitrogens with one attached hydrogen (secondary N) is 1. The molecule has 2 heterocycles. The van der Waals surface area contributed by atoms with Gasteiger partial charge in [0.05, 0.1) is 23.3 Å². The second-order valence-corrected chi connectivity index (χ2v) is 14.7. The van der Waals surface area contributed by atoms with Crippen LogP contribution in [0.15, 0.2) is 55.3 Å². The van der Waals surface area contributed by atoms with Crippen molar-refractivity contribution in [2.24, 2.45) is 0 Å². The van der Waals surface area contributed by atoms with Gasteiger partial charge in [0.25, 0.3) is 0 Å². The summed E-state index contributed by atoms with van der Waals surface area (Å²) in [6.07, 6.45) is 3.71. The van der Waals surface area contributed by atoms with Gasteiger partial charge < -0.3 is 34.5 Å². The highest BCUT2D eigenvalue weighted by molar-refractivity contribution is 7.70. The van der Waals surface area contributed by atoms with Crippen molar-refractivity contribution in [3.05, 3.63) is 71.7 Å². The summed E-state index contributed by atoms with van der Waals surface area (Å²) in [5.74, 6) is -2.73. The lowest BCUT2D eigenvalue weighted by molar-refractivity contribution is -0.134. The number of allylic oxidation sites excluding steroid dienone is 1. The van der Waals surface area contributed by atoms with Crippen molar-refractivity contribution in [1.82, 2.24) is 9.97 Å². The second-order valence-electron chi connectivity index (χ2n) is 10.3. The number of hydrogen-bond donors (Lipinski definition) is 5. The van der Waals surface area contributed by atoms with E-state index in [0.29, 0.717) is 29.9 Å². The van der Waals surface area contributed by atoms with Crippen LogP contribution >= 0.6 is 26.8 Å². The Kier molecular flexibility index (Phi) is 10.9. The number of rotatable bonds is 12. The quantitative estimate of drug-likeness (QED) is 0.0745. The molecule has 0 radical (unpaired) electrons. The molecule has 0 spiro atoms. The normalized spacial score (nSPS) is 13.9. The van der Waals surface area contributed by atoms with Crippen molar-refractivity contribution in [3.63, 3.8) is 0 Å². The zero-order valence-electron chi connectivity index (χ0n) is 23.7. The van der Waals surface area contributed by atoms with E-state index in [-0.39, 0.29) is 40.3 Å². The maximum atomic E-state index is 15.7. The van der Waals surface area contributed by atoms with E-state index in [1.165, 1.54) is 18.3 Å². The summed E-state index contributed by atoms with van der Waals surface area (Å²) >= 11 is 6.37. The Labute approximate surface area is 262 Å². The van der Waals surface area contributed by atoms with Crippen molar-refractivity contribution in [1.29, 1.82) is 0 Å². The zero-order valence-corrected chi connectivity index (χ0v) is 26.2. The lowest BCUT2D eigenvalue weighted by Crippen LogP contribution is -2.31. The highest BCUT2D eigenvalue weighted by atomic mass is 35.5. The highest BCUT2D eigenvalue weighted by Crippen LogP contribution is 2.61.